The molecule has 0 spiro atoms. The molecule has 4 rings (SSSR count). The zero-order valence-corrected chi connectivity index (χ0v) is 20.9. The lowest BCUT2D eigenvalue weighted by molar-refractivity contribution is -0.122. The molecule has 3 aromatic carbocycles. The second-order valence-corrected chi connectivity index (χ2v) is 10.9. The van der Waals surface area contributed by atoms with Crippen LogP contribution in [0.15, 0.2) is 71.6 Å². The topological polar surface area (TPSA) is 74.8 Å². The molecule has 0 aromatic heterocycles. The van der Waals surface area contributed by atoms with Gasteiger partial charge in [0.2, 0.25) is 15.9 Å². The van der Waals surface area contributed by atoms with Gasteiger partial charge in [-0.3, -0.25) is 9.59 Å². The zero-order valence-electron chi connectivity index (χ0n) is 18.5. The minimum absolute atomic E-state index is 0.0227. The molecule has 6 nitrogen and oxygen atoms in total. The molecule has 0 bridgehead atoms. The summed E-state index contributed by atoms with van der Waals surface area (Å²) in [6, 6.07) is 17.1. The van der Waals surface area contributed by atoms with Crippen LogP contribution in [0, 0.1) is 13.8 Å². The summed E-state index contributed by atoms with van der Waals surface area (Å²) in [5.74, 6) is -1.08. The Morgan fingerprint density at radius 1 is 0.912 bits per heavy atom. The van der Waals surface area contributed by atoms with E-state index in [0.29, 0.717) is 11.3 Å². The Kier molecular flexibility index (Phi) is 6.82. The second-order valence-electron chi connectivity index (χ2n) is 8.23. The van der Waals surface area contributed by atoms with Gasteiger partial charge in [-0.25, -0.2) is 13.3 Å². The van der Waals surface area contributed by atoms with E-state index in [1.807, 2.05) is 26.0 Å². The molecule has 9 heteroatoms. The van der Waals surface area contributed by atoms with E-state index in [2.05, 4.69) is 0 Å². The number of carbonyl (C=O) groups is 2. The fourth-order valence-corrected chi connectivity index (χ4v) is 6.15. The highest BCUT2D eigenvalue weighted by Gasteiger charge is 2.47. The van der Waals surface area contributed by atoms with Crippen LogP contribution in [-0.2, 0) is 26.2 Å². The van der Waals surface area contributed by atoms with Crippen LogP contribution < -0.4 is 4.90 Å². The van der Waals surface area contributed by atoms with E-state index >= 15 is 0 Å². The molecule has 176 valence electrons. The summed E-state index contributed by atoms with van der Waals surface area (Å²) in [6.45, 7) is 3.70. The van der Waals surface area contributed by atoms with E-state index in [4.69, 9.17) is 23.2 Å². The lowest BCUT2D eigenvalue weighted by atomic mass is 10.1. The van der Waals surface area contributed by atoms with Crippen molar-refractivity contribution in [3.63, 3.8) is 0 Å². The van der Waals surface area contributed by atoms with Gasteiger partial charge in [0, 0.05) is 11.6 Å². The van der Waals surface area contributed by atoms with Crippen LogP contribution in [0.5, 0.6) is 0 Å². The average molecular weight is 517 g/mol. The maximum Gasteiger partial charge on any atom is 0.252 e. The van der Waals surface area contributed by atoms with E-state index in [-0.39, 0.29) is 27.9 Å². The van der Waals surface area contributed by atoms with Gasteiger partial charge in [-0.2, -0.15) is 4.31 Å². The molecule has 1 unspecified atom stereocenters. The number of aryl methyl sites for hydroxylation is 2. The van der Waals surface area contributed by atoms with Gasteiger partial charge in [-0.15, -0.1) is 0 Å². The van der Waals surface area contributed by atoms with Crippen molar-refractivity contribution in [1.82, 2.24) is 4.31 Å². The Bertz CT molecular complexity index is 1360. The number of hydrogen-bond donors (Lipinski definition) is 0. The van der Waals surface area contributed by atoms with Gasteiger partial charge in [-0.1, -0.05) is 70.7 Å². The molecular weight excluding hydrogens is 495 g/mol. The van der Waals surface area contributed by atoms with E-state index < -0.39 is 27.9 Å². The van der Waals surface area contributed by atoms with Crippen molar-refractivity contribution in [3.8, 4) is 0 Å². The summed E-state index contributed by atoms with van der Waals surface area (Å²) in [7, 11) is -4.30. The van der Waals surface area contributed by atoms with Crippen molar-refractivity contribution in [2.45, 2.75) is 37.8 Å². The van der Waals surface area contributed by atoms with Crippen molar-refractivity contribution in [1.29, 1.82) is 0 Å². The minimum atomic E-state index is -4.30. The molecule has 0 aliphatic carbocycles. The van der Waals surface area contributed by atoms with E-state index in [0.717, 1.165) is 20.3 Å². The third-order valence-corrected chi connectivity index (χ3v) is 8.27. The van der Waals surface area contributed by atoms with Crippen LogP contribution in [0.4, 0.5) is 5.69 Å². The van der Waals surface area contributed by atoms with Gasteiger partial charge in [0.1, 0.15) is 10.9 Å². The van der Waals surface area contributed by atoms with Crippen molar-refractivity contribution in [3.05, 3.63) is 93.5 Å². The third kappa shape index (κ3) is 4.74. The van der Waals surface area contributed by atoms with Gasteiger partial charge >= 0.3 is 0 Å². The van der Waals surface area contributed by atoms with Gasteiger partial charge in [0.05, 0.1) is 17.1 Å². The number of hydrogen-bond acceptors (Lipinski definition) is 4. The molecule has 1 aliphatic rings. The predicted octanol–water partition coefficient (Wildman–Crippen LogP) is 5.13. The van der Waals surface area contributed by atoms with E-state index in [1.165, 1.54) is 18.2 Å². The lowest BCUT2D eigenvalue weighted by Crippen LogP contribution is -2.45. The van der Waals surface area contributed by atoms with Crippen molar-refractivity contribution in [2.75, 3.05) is 4.90 Å². The fraction of sp³-hybridized carbons (Fsp3) is 0.200. The summed E-state index contributed by atoms with van der Waals surface area (Å²) in [4.78, 5) is 27.2. The Morgan fingerprint density at radius 3 is 2.12 bits per heavy atom. The molecule has 0 N–H and O–H groups in total. The normalized spacial score (nSPS) is 16.5. The van der Waals surface area contributed by atoms with E-state index in [1.54, 1.807) is 36.4 Å². The van der Waals surface area contributed by atoms with Crippen LogP contribution in [-0.4, -0.2) is 30.6 Å². The highest BCUT2D eigenvalue weighted by atomic mass is 35.5. The first kappa shape index (κ1) is 24.4. The molecule has 34 heavy (non-hydrogen) atoms. The first-order valence-corrected chi connectivity index (χ1v) is 12.7. The molecule has 1 saturated heterocycles. The molecule has 0 radical (unpaired) electrons. The Morgan fingerprint density at radius 2 is 1.50 bits per heavy atom. The maximum atomic E-state index is 13.8. The molecule has 2 amide bonds. The number of rotatable bonds is 6. The number of sulfonamides is 1. The Hall–Kier alpha value is -2.71. The SMILES string of the molecule is Cc1ccc(CN(C2CC(=O)N(c3ccc(C)cc3)C2=O)S(=O)(=O)c2cc(Cl)ccc2Cl)cc1. The second kappa shape index (κ2) is 9.50. The summed E-state index contributed by atoms with van der Waals surface area (Å²) in [5.41, 5.74) is 3.05. The monoisotopic (exact) mass is 516 g/mol. The number of benzene rings is 3. The van der Waals surface area contributed by atoms with Gasteiger partial charge < -0.3 is 0 Å². The van der Waals surface area contributed by atoms with Gasteiger partial charge in [0.25, 0.3) is 5.91 Å². The number of anilines is 1. The summed E-state index contributed by atoms with van der Waals surface area (Å²) >= 11 is 12.3. The summed E-state index contributed by atoms with van der Waals surface area (Å²) < 4.78 is 28.7. The highest BCUT2D eigenvalue weighted by molar-refractivity contribution is 7.89. The highest BCUT2D eigenvalue weighted by Crippen LogP contribution is 2.34. The lowest BCUT2D eigenvalue weighted by Gasteiger charge is -2.27. The van der Waals surface area contributed by atoms with Gasteiger partial charge in [-0.05, 0) is 49.7 Å². The third-order valence-electron chi connectivity index (χ3n) is 5.70. The zero-order chi connectivity index (χ0) is 24.6. The number of nitrogens with zero attached hydrogens (tertiary/aromatic N) is 2. The Balaban J connectivity index is 1.78. The van der Waals surface area contributed by atoms with Crippen molar-refractivity contribution < 1.29 is 18.0 Å². The number of imide groups is 1. The van der Waals surface area contributed by atoms with Crippen LogP contribution in [0.25, 0.3) is 0 Å². The molecule has 3 aromatic rings. The first-order valence-electron chi connectivity index (χ1n) is 10.5. The minimum Gasteiger partial charge on any atom is -0.274 e. The average Bonchev–Trinajstić information content (AvgIpc) is 3.09. The number of halogens is 2. The van der Waals surface area contributed by atoms with Gasteiger partial charge in [0.15, 0.2) is 0 Å². The summed E-state index contributed by atoms with van der Waals surface area (Å²) in [5, 5.41) is 0.166. The molecule has 1 atom stereocenters. The van der Waals surface area contributed by atoms with E-state index in [9.17, 15) is 18.0 Å². The number of carbonyl (C=O) groups excluding carboxylic acids is 2. The Labute approximate surface area is 208 Å². The summed E-state index contributed by atoms with van der Waals surface area (Å²) in [6.07, 6.45) is -0.282. The van der Waals surface area contributed by atoms with Crippen LogP contribution >= 0.6 is 23.2 Å². The molecule has 1 heterocycles. The molecule has 0 saturated carbocycles. The predicted molar refractivity (Wildman–Crippen MR) is 132 cm³/mol. The van der Waals surface area contributed by atoms with Crippen LogP contribution in [0.3, 0.4) is 0 Å². The van der Waals surface area contributed by atoms with Crippen molar-refractivity contribution in [2.24, 2.45) is 0 Å². The van der Waals surface area contributed by atoms with Crippen molar-refractivity contribution >= 4 is 50.7 Å². The molecule has 1 aliphatic heterocycles. The standard InChI is InChI=1S/C25H22Cl2N2O4S/c1-16-3-7-18(8-4-16)15-28(34(32,33)23-13-19(26)9-12-21(23)27)22-14-24(30)29(25(22)31)20-10-5-17(2)6-11-20/h3-13,22H,14-15H2,1-2H3. The van der Waals surface area contributed by atoms with Crippen LogP contribution in [0.2, 0.25) is 10.0 Å². The largest absolute Gasteiger partial charge is 0.274 e. The molecule has 1 fully saturated rings. The number of amides is 2. The van der Waals surface area contributed by atoms with Crippen LogP contribution in [0.1, 0.15) is 23.1 Å². The fourth-order valence-electron chi connectivity index (χ4n) is 3.84. The first-order chi connectivity index (χ1) is 16.1. The molecular formula is C25H22Cl2N2O4S. The quantitative estimate of drug-likeness (QED) is 0.425. The smallest absolute Gasteiger partial charge is 0.252 e. The maximum absolute atomic E-state index is 13.8.